The molecule has 0 radical (unpaired) electrons. The average molecular weight is 467 g/mol. The molecule has 1 aliphatic heterocycles. The first-order chi connectivity index (χ1) is 16.2. The Labute approximate surface area is 198 Å². The van der Waals surface area contributed by atoms with Crippen LogP contribution in [0.4, 0.5) is 4.79 Å². The van der Waals surface area contributed by atoms with Gasteiger partial charge in [0.1, 0.15) is 13.2 Å². The van der Waals surface area contributed by atoms with Crippen LogP contribution in [-0.4, -0.2) is 65.9 Å². The second kappa shape index (κ2) is 9.85. The number of carboxylic acid groups (broad SMARTS) is 1. The Kier molecular flexibility index (Phi) is 6.88. The van der Waals surface area contributed by atoms with Crippen LogP contribution in [0.25, 0.3) is 11.1 Å². The van der Waals surface area contributed by atoms with E-state index in [0.29, 0.717) is 19.5 Å². The van der Waals surface area contributed by atoms with E-state index < -0.39 is 17.6 Å². The molecule has 0 atom stereocenters. The predicted molar refractivity (Wildman–Crippen MR) is 125 cm³/mol. The smallest absolute Gasteiger partial charge is 0.407 e. The maximum absolute atomic E-state index is 12.6. The molecule has 0 saturated carbocycles. The van der Waals surface area contributed by atoms with Crippen LogP contribution < -0.4 is 5.32 Å². The van der Waals surface area contributed by atoms with Crippen molar-refractivity contribution in [3.05, 3.63) is 59.7 Å². The number of carbonyl (C=O) groups is 3. The average Bonchev–Trinajstić information content (AvgIpc) is 3.08. The Balaban J connectivity index is 1.23. The number of amides is 2. The molecular weight excluding hydrogens is 436 g/mol. The molecule has 1 aliphatic carbocycles. The number of hydrogen-bond donors (Lipinski definition) is 2. The fraction of sp³-hybridized carbons (Fsp3) is 0.423. The van der Waals surface area contributed by atoms with E-state index in [4.69, 9.17) is 14.6 Å². The van der Waals surface area contributed by atoms with E-state index in [1.54, 1.807) is 4.90 Å². The molecule has 8 heteroatoms. The zero-order valence-corrected chi connectivity index (χ0v) is 19.5. The highest BCUT2D eigenvalue weighted by atomic mass is 16.5. The zero-order valence-electron chi connectivity index (χ0n) is 19.5. The number of ether oxygens (including phenoxy) is 2. The van der Waals surface area contributed by atoms with Gasteiger partial charge >= 0.3 is 12.1 Å². The number of carbonyl (C=O) groups excluding carboxylic acids is 2. The summed E-state index contributed by atoms with van der Waals surface area (Å²) < 4.78 is 10.8. The second-order valence-corrected chi connectivity index (χ2v) is 9.46. The van der Waals surface area contributed by atoms with Gasteiger partial charge < -0.3 is 24.8 Å². The molecule has 8 nitrogen and oxygen atoms in total. The molecule has 34 heavy (non-hydrogen) atoms. The van der Waals surface area contributed by atoms with Crippen LogP contribution in [0.2, 0.25) is 0 Å². The third kappa shape index (κ3) is 5.39. The van der Waals surface area contributed by atoms with Gasteiger partial charge in [-0.15, -0.1) is 0 Å². The molecular formula is C26H30N2O6. The Hall–Kier alpha value is -3.39. The van der Waals surface area contributed by atoms with Crippen LogP contribution in [0.15, 0.2) is 48.5 Å². The molecule has 2 amide bonds. The van der Waals surface area contributed by atoms with Crippen LogP contribution in [0.3, 0.4) is 0 Å². The minimum absolute atomic E-state index is 0.00875. The molecule has 180 valence electrons. The normalized spacial score (nSPS) is 15.3. The number of alkyl carbamates (subject to hydrolysis) is 1. The quantitative estimate of drug-likeness (QED) is 0.587. The number of nitrogens with zero attached hydrogens (tertiary/aromatic N) is 1. The van der Waals surface area contributed by atoms with Crippen LogP contribution in [0.5, 0.6) is 0 Å². The van der Waals surface area contributed by atoms with Gasteiger partial charge in [-0.25, -0.2) is 9.59 Å². The first kappa shape index (κ1) is 23.8. The summed E-state index contributed by atoms with van der Waals surface area (Å²) in [4.78, 5) is 37.1. The molecule has 4 rings (SSSR count). The highest BCUT2D eigenvalue weighted by Crippen LogP contribution is 2.44. The Morgan fingerprint density at radius 1 is 1.03 bits per heavy atom. The summed E-state index contributed by atoms with van der Waals surface area (Å²) in [5.41, 5.74) is 4.03. The van der Waals surface area contributed by atoms with E-state index >= 15 is 0 Å². The second-order valence-electron chi connectivity index (χ2n) is 9.46. The van der Waals surface area contributed by atoms with E-state index in [-0.39, 0.29) is 37.6 Å². The Bertz CT molecular complexity index is 1030. The molecule has 2 aromatic carbocycles. The fourth-order valence-corrected chi connectivity index (χ4v) is 4.49. The lowest BCUT2D eigenvalue weighted by Crippen LogP contribution is -2.55. The standard InChI is InChI=1S/C26H30N2O6/c1-26(2,12-11-23(29)28-13-17(14-28)33-16-24(30)31)27-25(32)34-15-22-20-9-5-3-7-18(20)19-8-4-6-10-21(19)22/h3-10,17,22H,11-16H2,1-2H3,(H,27,32)(H,30,31). The van der Waals surface area contributed by atoms with Crippen molar-refractivity contribution >= 4 is 18.0 Å². The highest BCUT2D eigenvalue weighted by Gasteiger charge is 2.33. The van der Waals surface area contributed by atoms with Gasteiger partial charge in [-0.3, -0.25) is 4.79 Å². The minimum Gasteiger partial charge on any atom is -0.480 e. The van der Waals surface area contributed by atoms with Crippen LogP contribution in [0.1, 0.15) is 43.7 Å². The lowest BCUT2D eigenvalue weighted by Gasteiger charge is -2.39. The molecule has 0 spiro atoms. The van der Waals surface area contributed by atoms with Gasteiger partial charge in [0.25, 0.3) is 0 Å². The summed E-state index contributed by atoms with van der Waals surface area (Å²) in [5.74, 6) is -1.08. The summed E-state index contributed by atoms with van der Waals surface area (Å²) in [5, 5.41) is 11.5. The largest absolute Gasteiger partial charge is 0.480 e. The van der Waals surface area contributed by atoms with E-state index in [0.717, 1.165) is 11.1 Å². The lowest BCUT2D eigenvalue weighted by molar-refractivity contribution is -0.154. The van der Waals surface area contributed by atoms with E-state index in [1.165, 1.54) is 11.1 Å². The van der Waals surface area contributed by atoms with Gasteiger partial charge in [0.2, 0.25) is 5.91 Å². The third-order valence-electron chi connectivity index (χ3n) is 6.39. The number of fused-ring (bicyclic) bond motifs is 3. The number of nitrogens with one attached hydrogen (secondary N) is 1. The Morgan fingerprint density at radius 3 is 2.21 bits per heavy atom. The van der Waals surface area contributed by atoms with Crippen LogP contribution in [0, 0.1) is 0 Å². The first-order valence-electron chi connectivity index (χ1n) is 11.5. The van der Waals surface area contributed by atoms with Gasteiger partial charge in [0.15, 0.2) is 0 Å². The summed E-state index contributed by atoms with van der Waals surface area (Å²) >= 11 is 0. The Morgan fingerprint density at radius 2 is 1.62 bits per heavy atom. The first-order valence-corrected chi connectivity index (χ1v) is 11.5. The molecule has 2 N–H and O–H groups in total. The number of likely N-dealkylation sites (tertiary alicyclic amines) is 1. The molecule has 2 aliphatic rings. The van der Waals surface area contributed by atoms with Gasteiger partial charge in [-0.1, -0.05) is 48.5 Å². The van der Waals surface area contributed by atoms with Crippen molar-refractivity contribution in [3.8, 4) is 11.1 Å². The molecule has 0 bridgehead atoms. The van der Waals surface area contributed by atoms with Gasteiger partial charge in [-0.2, -0.15) is 0 Å². The van der Waals surface area contributed by atoms with E-state index in [1.807, 2.05) is 38.1 Å². The van der Waals surface area contributed by atoms with Crippen molar-refractivity contribution in [1.29, 1.82) is 0 Å². The minimum atomic E-state index is -1.02. The highest BCUT2D eigenvalue weighted by molar-refractivity contribution is 5.79. The van der Waals surface area contributed by atoms with Crippen molar-refractivity contribution in [2.75, 3.05) is 26.3 Å². The van der Waals surface area contributed by atoms with Gasteiger partial charge in [0.05, 0.1) is 6.10 Å². The molecule has 1 fully saturated rings. The summed E-state index contributed by atoms with van der Waals surface area (Å²) in [6.07, 6.45) is -0.0208. The molecule has 0 unspecified atom stereocenters. The van der Waals surface area contributed by atoms with Crippen molar-refractivity contribution in [2.45, 2.75) is 44.2 Å². The van der Waals surface area contributed by atoms with Crippen molar-refractivity contribution in [2.24, 2.45) is 0 Å². The SMILES string of the molecule is CC(C)(CCC(=O)N1CC(OCC(=O)O)C1)NC(=O)OCC1c2ccccc2-c2ccccc21. The summed E-state index contributed by atoms with van der Waals surface area (Å²) in [6, 6.07) is 16.3. The fourth-order valence-electron chi connectivity index (χ4n) is 4.49. The van der Waals surface area contributed by atoms with Crippen molar-refractivity contribution in [1.82, 2.24) is 10.2 Å². The number of hydrogen-bond acceptors (Lipinski definition) is 5. The third-order valence-corrected chi connectivity index (χ3v) is 6.39. The van der Waals surface area contributed by atoms with Gasteiger partial charge in [-0.05, 0) is 42.5 Å². The maximum atomic E-state index is 12.6. The molecule has 1 heterocycles. The van der Waals surface area contributed by atoms with Gasteiger partial charge in [0, 0.05) is 31.0 Å². The predicted octanol–water partition coefficient (Wildman–Crippen LogP) is 3.40. The van der Waals surface area contributed by atoms with Crippen LogP contribution in [-0.2, 0) is 19.1 Å². The van der Waals surface area contributed by atoms with Crippen molar-refractivity contribution in [3.63, 3.8) is 0 Å². The monoisotopic (exact) mass is 466 g/mol. The molecule has 2 aromatic rings. The topological polar surface area (TPSA) is 105 Å². The summed E-state index contributed by atoms with van der Waals surface area (Å²) in [7, 11) is 0. The maximum Gasteiger partial charge on any atom is 0.407 e. The summed E-state index contributed by atoms with van der Waals surface area (Å²) in [6.45, 7) is 4.38. The number of benzene rings is 2. The number of carboxylic acids is 1. The van der Waals surface area contributed by atoms with E-state index in [9.17, 15) is 14.4 Å². The van der Waals surface area contributed by atoms with Crippen LogP contribution >= 0.6 is 0 Å². The van der Waals surface area contributed by atoms with Crippen molar-refractivity contribution < 1.29 is 29.0 Å². The molecule has 1 saturated heterocycles. The lowest BCUT2D eigenvalue weighted by atomic mass is 9.97. The number of aliphatic carboxylic acids is 1. The number of rotatable bonds is 9. The molecule has 0 aromatic heterocycles. The van der Waals surface area contributed by atoms with E-state index in [2.05, 4.69) is 29.6 Å². The zero-order chi connectivity index (χ0) is 24.3.